The lowest BCUT2D eigenvalue weighted by Crippen LogP contribution is -2.43. The van der Waals surface area contributed by atoms with Gasteiger partial charge in [0, 0.05) is 6.42 Å². The third-order valence-electron chi connectivity index (χ3n) is 5.36. The lowest BCUT2D eigenvalue weighted by molar-refractivity contribution is -0.873. The molecule has 194 valence electrons. The molecule has 0 heterocycles. The van der Waals surface area contributed by atoms with E-state index in [1.54, 1.807) is 6.08 Å². The molecule has 0 aliphatic heterocycles. The Morgan fingerprint density at radius 1 is 0.879 bits per heavy atom. The first-order valence-electron chi connectivity index (χ1n) is 12.4. The van der Waals surface area contributed by atoms with Crippen LogP contribution in [-0.4, -0.2) is 89.0 Å². The van der Waals surface area contributed by atoms with Crippen molar-refractivity contribution in [2.24, 2.45) is 0 Å². The molecule has 0 aromatic rings. The van der Waals surface area contributed by atoms with Crippen LogP contribution in [0.15, 0.2) is 12.2 Å². The summed E-state index contributed by atoms with van der Waals surface area (Å²) >= 11 is 0. The number of rotatable bonds is 20. The third-order valence-corrected chi connectivity index (χ3v) is 5.36. The number of likely N-dealkylation sites (N-methyl/N-ethyl adjacent to an activating group) is 1. The molecule has 33 heavy (non-hydrogen) atoms. The molecule has 0 rings (SSSR count). The Kier molecular flexibility index (Phi) is 17.1. The highest BCUT2D eigenvalue weighted by Gasteiger charge is 2.24. The monoisotopic (exact) mass is 474 g/mol. The van der Waals surface area contributed by atoms with Crippen LogP contribution >= 0.6 is 0 Å². The maximum absolute atomic E-state index is 12.0. The van der Waals surface area contributed by atoms with E-state index in [0.29, 0.717) is 30.3 Å². The van der Waals surface area contributed by atoms with Crippen LogP contribution in [0.4, 0.5) is 0 Å². The van der Waals surface area contributed by atoms with Crippen LogP contribution in [0.25, 0.3) is 0 Å². The van der Waals surface area contributed by atoms with Gasteiger partial charge in [-0.25, -0.2) is 0 Å². The summed E-state index contributed by atoms with van der Waals surface area (Å²) in [7, 11) is 5.77. The fourth-order valence-electron chi connectivity index (χ4n) is 3.59. The van der Waals surface area contributed by atoms with Gasteiger partial charge in [-0.2, -0.15) is 0 Å². The van der Waals surface area contributed by atoms with Crippen molar-refractivity contribution in [2.75, 3.05) is 27.7 Å². The van der Waals surface area contributed by atoms with Crippen molar-refractivity contribution in [3.8, 4) is 0 Å². The topological polar surface area (TPSA) is 124 Å². The van der Waals surface area contributed by atoms with Gasteiger partial charge in [0.05, 0.1) is 45.9 Å². The maximum atomic E-state index is 12.0. The highest BCUT2D eigenvalue weighted by molar-refractivity contribution is 5.71. The average Bonchev–Trinajstić information content (AvgIpc) is 2.69. The van der Waals surface area contributed by atoms with Crippen LogP contribution in [0.1, 0.15) is 84.0 Å². The van der Waals surface area contributed by atoms with Crippen molar-refractivity contribution in [3.05, 3.63) is 12.2 Å². The second-order valence-corrected chi connectivity index (χ2v) is 10.00. The number of carboxylic acid groups (broad SMARTS) is 1. The Morgan fingerprint density at radius 3 is 2.09 bits per heavy atom. The number of ether oxygens (including phenoxy) is 1. The van der Waals surface area contributed by atoms with Gasteiger partial charge in [0.1, 0.15) is 6.54 Å². The minimum atomic E-state index is -0.980. The number of aliphatic hydroxyl groups excluding tert-OH is 3. The first-order valence-corrected chi connectivity index (χ1v) is 12.4. The summed E-state index contributed by atoms with van der Waals surface area (Å²) in [6.45, 7) is 2.54. The Morgan fingerprint density at radius 2 is 1.48 bits per heavy atom. The third kappa shape index (κ3) is 19.7. The number of aliphatic hydroxyl groups is 3. The van der Waals surface area contributed by atoms with Gasteiger partial charge < -0.3 is 29.6 Å². The van der Waals surface area contributed by atoms with Crippen LogP contribution in [0.3, 0.4) is 0 Å². The lowest BCUT2D eigenvalue weighted by atomic mass is 10.0. The smallest absolute Gasteiger partial charge is 0.307 e. The average molecular weight is 475 g/mol. The fraction of sp³-hybridized carbons (Fsp3) is 0.840. The quantitative estimate of drug-likeness (QED) is 0.0925. The number of carbonyl (C=O) groups is 2. The van der Waals surface area contributed by atoms with Crippen molar-refractivity contribution in [1.29, 1.82) is 0 Å². The minimum Gasteiger partial charge on any atom is -0.481 e. The summed E-state index contributed by atoms with van der Waals surface area (Å²) < 4.78 is 5.88. The zero-order chi connectivity index (χ0) is 25.3. The number of unbranched alkanes of at least 4 members (excludes halogenated alkanes) is 6. The molecule has 0 aromatic carbocycles. The molecule has 0 amide bonds. The molecule has 4 atom stereocenters. The number of hydrogen-bond donors (Lipinski definition) is 4. The second-order valence-electron chi connectivity index (χ2n) is 10.00. The van der Waals surface area contributed by atoms with Gasteiger partial charge in [0.15, 0.2) is 6.10 Å². The summed E-state index contributed by atoms with van der Waals surface area (Å²) in [4.78, 5) is 23.0. The predicted octanol–water partition coefficient (Wildman–Crippen LogP) is 3.03. The standard InChI is InChI=1S/C25H47NO7/c1-5-6-10-13-20(27)16-17-23(29)22(28)14-11-8-7-9-12-15-25(32)33-21(18-24(30)31)19-26(2,3)4/h16-17,20-23,27-29H,5-15,18-19H2,1-4H3/p+1/b17-16+. The number of quaternary nitrogens is 1. The Balaban J connectivity index is 3.97. The van der Waals surface area contributed by atoms with Gasteiger partial charge in [0.25, 0.3) is 0 Å². The van der Waals surface area contributed by atoms with Crippen LogP contribution in [0.5, 0.6) is 0 Å². The van der Waals surface area contributed by atoms with Crippen molar-refractivity contribution in [1.82, 2.24) is 0 Å². The number of carboxylic acids is 1. The van der Waals surface area contributed by atoms with E-state index >= 15 is 0 Å². The molecule has 0 radical (unpaired) electrons. The fourth-order valence-corrected chi connectivity index (χ4v) is 3.59. The van der Waals surface area contributed by atoms with Crippen molar-refractivity contribution < 1.29 is 39.2 Å². The van der Waals surface area contributed by atoms with E-state index in [4.69, 9.17) is 9.84 Å². The normalized spacial score (nSPS) is 15.8. The van der Waals surface area contributed by atoms with E-state index in [2.05, 4.69) is 6.92 Å². The van der Waals surface area contributed by atoms with E-state index < -0.39 is 30.4 Å². The number of carbonyl (C=O) groups excluding carboxylic acids is 1. The summed E-state index contributed by atoms with van der Waals surface area (Å²) in [5.41, 5.74) is 0. The van der Waals surface area contributed by atoms with Gasteiger partial charge in [-0.05, 0) is 19.3 Å². The van der Waals surface area contributed by atoms with Gasteiger partial charge >= 0.3 is 11.9 Å². The molecule has 0 aliphatic carbocycles. The molecule has 8 heteroatoms. The number of esters is 1. The first-order chi connectivity index (χ1) is 15.4. The van der Waals surface area contributed by atoms with Crippen molar-refractivity contribution in [2.45, 2.75) is 108 Å². The molecule has 4 N–H and O–H groups in total. The molecular weight excluding hydrogens is 426 g/mol. The van der Waals surface area contributed by atoms with Gasteiger partial charge in [-0.3, -0.25) is 9.59 Å². The second kappa shape index (κ2) is 17.9. The van der Waals surface area contributed by atoms with Gasteiger partial charge in [0.2, 0.25) is 0 Å². The number of nitrogens with zero attached hydrogens (tertiary/aromatic N) is 1. The largest absolute Gasteiger partial charge is 0.481 e. The van der Waals surface area contributed by atoms with Crippen LogP contribution in [0.2, 0.25) is 0 Å². The van der Waals surface area contributed by atoms with Gasteiger partial charge in [-0.15, -0.1) is 0 Å². The van der Waals surface area contributed by atoms with E-state index in [1.165, 1.54) is 6.08 Å². The summed E-state index contributed by atoms with van der Waals surface area (Å²) in [5.74, 6) is -1.34. The molecule has 0 bridgehead atoms. The minimum absolute atomic E-state index is 0.192. The molecule has 0 aliphatic rings. The van der Waals surface area contributed by atoms with Crippen molar-refractivity contribution in [3.63, 3.8) is 0 Å². The predicted molar refractivity (Wildman–Crippen MR) is 129 cm³/mol. The highest BCUT2D eigenvalue weighted by Crippen LogP contribution is 2.13. The zero-order valence-electron chi connectivity index (χ0n) is 21.1. The molecule has 0 saturated carbocycles. The first kappa shape index (κ1) is 31.5. The van der Waals surface area contributed by atoms with E-state index in [9.17, 15) is 24.9 Å². The van der Waals surface area contributed by atoms with Gasteiger partial charge in [-0.1, -0.05) is 64.0 Å². The van der Waals surface area contributed by atoms with Crippen LogP contribution in [0, 0.1) is 0 Å². The van der Waals surface area contributed by atoms with E-state index in [0.717, 1.165) is 44.9 Å². The summed E-state index contributed by atoms with van der Waals surface area (Å²) in [6, 6.07) is 0. The van der Waals surface area contributed by atoms with Crippen LogP contribution in [-0.2, 0) is 14.3 Å². The summed E-state index contributed by atoms with van der Waals surface area (Å²) in [5, 5.41) is 38.9. The lowest BCUT2D eigenvalue weighted by Gasteiger charge is -2.28. The van der Waals surface area contributed by atoms with Crippen LogP contribution < -0.4 is 0 Å². The molecule has 8 nitrogen and oxygen atoms in total. The molecule has 4 unspecified atom stereocenters. The molecule has 0 saturated heterocycles. The highest BCUT2D eigenvalue weighted by atomic mass is 16.5. The maximum Gasteiger partial charge on any atom is 0.307 e. The summed E-state index contributed by atoms with van der Waals surface area (Å²) in [6.07, 6.45) is 8.36. The molecule has 0 aromatic heterocycles. The molecular formula is C25H48NO7+. The Labute approximate surface area is 199 Å². The Hall–Kier alpha value is -1.48. The Bertz CT molecular complexity index is 559. The zero-order valence-corrected chi connectivity index (χ0v) is 21.1. The van der Waals surface area contributed by atoms with E-state index in [1.807, 2.05) is 21.1 Å². The molecule has 0 fully saturated rings. The number of hydrogen-bond acceptors (Lipinski definition) is 6. The number of aliphatic carboxylic acids is 1. The van der Waals surface area contributed by atoms with E-state index in [-0.39, 0.29) is 18.8 Å². The molecule has 0 spiro atoms. The van der Waals surface area contributed by atoms with Crippen molar-refractivity contribution >= 4 is 11.9 Å². The SMILES string of the molecule is CCCCCC(O)/C=C/C(O)C(O)CCCCCCCC(=O)OC(CC(=O)O)C[N+](C)(C)C.